The molecule has 0 radical (unpaired) electrons. The summed E-state index contributed by atoms with van der Waals surface area (Å²) < 4.78 is 3.15. The van der Waals surface area contributed by atoms with Crippen LogP contribution in [-0.4, -0.2) is 19.5 Å². The Hall–Kier alpha value is -3.57. The number of para-hydroxylation sites is 1. The highest BCUT2D eigenvalue weighted by molar-refractivity contribution is 9.10. The van der Waals surface area contributed by atoms with E-state index < -0.39 is 0 Å². The van der Waals surface area contributed by atoms with Crippen LogP contribution in [0.1, 0.15) is 0 Å². The second kappa shape index (κ2) is 6.75. The first kappa shape index (κ1) is 17.3. The highest BCUT2D eigenvalue weighted by Crippen LogP contribution is 2.34. The molecular formula is C25H15BrN4. The molecule has 3 aromatic carbocycles. The lowest BCUT2D eigenvalue weighted by atomic mass is 10.1. The van der Waals surface area contributed by atoms with E-state index in [1.807, 2.05) is 60.9 Å². The van der Waals surface area contributed by atoms with Gasteiger partial charge in [-0.05, 0) is 30.3 Å². The van der Waals surface area contributed by atoms with Crippen LogP contribution in [0.15, 0.2) is 95.7 Å². The molecule has 0 spiro atoms. The molecule has 0 bridgehead atoms. The van der Waals surface area contributed by atoms with Crippen LogP contribution in [0.5, 0.6) is 0 Å². The number of pyridine rings is 1. The fourth-order valence-corrected chi connectivity index (χ4v) is 4.40. The zero-order chi connectivity index (χ0) is 20.1. The Morgan fingerprint density at radius 1 is 0.700 bits per heavy atom. The van der Waals surface area contributed by atoms with Crippen LogP contribution >= 0.6 is 15.9 Å². The van der Waals surface area contributed by atoms with Crippen LogP contribution in [0.3, 0.4) is 0 Å². The summed E-state index contributed by atoms with van der Waals surface area (Å²) in [7, 11) is 0. The summed E-state index contributed by atoms with van der Waals surface area (Å²) in [5.74, 6) is 0.654. The van der Waals surface area contributed by atoms with Crippen molar-refractivity contribution in [3.8, 4) is 17.2 Å². The minimum Gasteiger partial charge on any atom is -0.278 e. The zero-order valence-electron chi connectivity index (χ0n) is 15.8. The number of fused-ring (bicyclic) bond motifs is 4. The SMILES string of the molecule is Brc1ccc2c(c1)c1cnccc1n2-c1nc(-c2ccccc2)c2ccccc2n1. The van der Waals surface area contributed by atoms with Crippen molar-refractivity contribution in [2.75, 3.05) is 0 Å². The lowest BCUT2D eigenvalue weighted by molar-refractivity contribution is 1.01. The molecule has 0 saturated carbocycles. The Kier molecular flexibility index (Phi) is 3.89. The maximum atomic E-state index is 5.06. The quantitative estimate of drug-likeness (QED) is 0.300. The Balaban J connectivity index is 1.75. The van der Waals surface area contributed by atoms with Gasteiger partial charge in [0.15, 0.2) is 0 Å². The van der Waals surface area contributed by atoms with Crippen molar-refractivity contribution in [2.45, 2.75) is 0 Å². The van der Waals surface area contributed by atoms with Gasteiger partial charge < -0.3 is 0 Å². The Morgan fingerprint density at radius 2 is 1.50 bits per heavy atom. The van der Waals surface area contributed by atoms with Crippen molar-refractivity contribution in [3.63, 3.8) is 0 Å². The molecule has 3 aromatic heterocycles. The number of aromatic nitrogens is 4. The molecule has 6 rings (SSSR count). The molecule has 0 saturated heterocycles. The van der Waals surface area contributed by atoms with Gasteiger partial charge >= 0.3 is 0 Å². The summed E-state index contributed by atoms with van der Waals surface area (Å²) in [6.45, 7) is 0. The third kappa shape index (κ3) is 2.63. The summed E-state index contributed by atoms with van der Waals surface area (Å²) in [4.78, 5) is 14.3. The number of halogens is 1. The molecule has 0 aliphatic rings. The molecule has 0 atom stereocenters. The molecule has 6 aromatic rings. The van der Waals surface area contributed by atoms with E-state index in [9.17, 15) is 0 Å². The first-order valence-electron chi connectivity index (χ1n) is 9.66. The highest BCUT2D eigenvalue weighted by atomic mass is 79.9. The van der Waals surface area contributed by atoms with E-state index in [2.05, 4.69) is 55.8 Å². The van der Waals surface area contributed by atoms with Gasteiger partial charge in [0, 0.05) is 38.6 Å². The summed E-state index contributed by atoms with van der Waals surface area (Å²) in [6, 6.07) is 26.7. The van der Waals surface area contributed by atoms with E-state index >= 15 is 0 Å². The van der Waals surface area contributed by atoms with E-state index in [1.165, 1.54) is 0 Å². The number of nitrogens with zero attached hydrogens (tertiary/aromatic N) is 4. The zero-order valence-corrected chi connectivity index (χ0v) is 17.4. The van der Waals surface area contributed by atoms with Crippen molar-refractivity contribution in [3.05, 3.63) is 95.7 Å². The molecule has 5 heteroatoms. The fraction of sp³-hybridized carbons (Fsp3) is 0. The minimum absolute atomic E-state index is 0.654. The fourth-order valence-electron chi connectivity index (χ4n) is 4.03. The highest BCUT2D eigenvalue weighted by Gasteiger charge is 2.17. The Labute approximate surface area is 181 Å². The molecule has 0 unspecified atom stereocenters. The molecule has 30 heavy (non-hydrogen) atoms. The van der Waals surface area contributed by atoms with E-state index in [4.69, 9.17) is 9.97 Å². The van der Waals surface area contributed by atoms with Crippen LogP contribution in [0.4, 0.5) is 0 Å². The number of benzene rings is 3. The third-order valence-electron chi connectivity index (χ3n) is 5.37. The molecule has 0 amide bonds. The molecule has 0 aliphatic heterocycles. The predicted octanol–water partition coefficient (Wildman–Crippen LogP) is 6.55. The normalized spacial score (nSPS) is 11.5. The van der Waals surface area contributed by atoms with Gasteiger partial charge in [-0.1, -0.05) is 64.5 Å². The van der Waals surface area contributed by atoms with Gasteiger partial charge in [0.1, 0.15) is 0 Å². The maximum Gasteiger partial charge on any atom is 0.235 e. The van der Waals surface area contributed by atoms with Gasteiger partial charge in [0.2, 0.25) is 5.95 Å². The standard InChI is InChI=1S/C25H15BrN4/c26-17-10-11-22-19(14-17)20-15-27-13-12-23(20)30(22)25-28-21-9-5-4-8-18(21)24(29-25)16-6-2-1-3-7-16/h1-15H. The van der Waals surface area contributed by atoms with Gasteiger partial charge in [-0.15, -0.1) is 0 Å². The molecule has 142 valence electrons. The van der Waals surface area contributed by atoms with Crippen molar-refractivity contribution in [1.82, 2.24) is 19.5 Å². The predicted molar refractivity (Wildman–Crippen MR) is 125 cm³/mol. The van der Waals surface area contributed by atoms with E-state index in [1.54, 1.807) is 0 Å². The van der Waals surface area contributed by atoms with Gasteiger partial charge in [-0.25, -0.2) is 9.97 Å². The number of rotatable bonds is 2. The average Bonchev–Trinajstić information content (AvgIpc) is 3.12. The number of hydrogen-bond donors (Lipinski definition) is 0. The minimum atomic E-state index is 0.654. The molecule has 4 nitrogen and oxygen atoms in total. The van der Waals surface area contributed by atoms with Gasteiger partial charge in [0.05, 0.1) is 22.2 Å². The van der Waals surface area contributed by atoms with Crippen LogP contribution < -0.4 is 0 Å². The van der Waals surface area contributed by atoms with Crippen molar-refractivity contribution < 1.29 is 0 Å². The maximum absolute atomic E-state index is 5.06. The van der Waals surface area contributed by atoms with Crippen LogP contribution in [0.2, 0.25) is 0 Å². The van der Waals surface area contributed by atoms with Gasteiger partial charge in [0.25, 0.3) is 0 Å². The van der Waals surface area contributed by atoms with Crippen molar-refractivity contribution >= 4 is 48.6 Å². The van der Waals surface area contributed by atoms with Gasteiger partial charge in [-0.3, -0.25) is 9.55 Å². The lowest BCUT2D eigenvalue weighted by Crippen LogP contribution is -2.03. The first-order valence-corrected chi connectivity index (χ1v) is 10.5. The van der Waals surface area contributed by atoms with Crippen LogP contribution in [-0.2, 0) is 0 Å². The monoisotopic (exact) mass is 450 g/mol. The Bertz CT molecular complexity index is 1550. The first-order chi connectivity index (χ1) is 14.8. The van der Waals surface area contributed by atoms with Crippen LogP contribution in [0, 0.1) is 0 Å². The lowest BCUT2D eigenvalue weighted by Gasteiger charge is -2.11. The second-order valence-corrected chi connectivity index (χ2v) is 8.06. The van der Waals surface area contributed by atoms with Crippen molar-refractivity contribution in [1.29, 1.82) is 0 Å². The molecule has 0 aliphatic carbocycles. The smallest absolute Gasteiger partial charge is 0.235 e. The van der Waals surface area contributed by atoms with Crippen LogP contribution in [0.25, 0.3) is 49.9 Å². The van der Waals surface area contributed by atoms with E-state index in [0.717, 1.165) is 48.4 Å². The van der Waals surface area contributed by atoms with Gasteiger partial charge in [-0.2, -0.15) is 0 Å². The van der Waals surface area contributed by atoms with E-state index in [0.29, 0.717) is 5.95 Å². The molecular weight excluding hydrogens is 436 g/mol. The summed E-state index contributed by atoms with van der Waals surface area (Å²) >= 11 is 3.60. The Morgan fingerprint density at radius 3 is 2.40 bits per heavy atom. The van der Waals surface area contributed by atoms with Crippen molar-refractivity contribution in [2.24, 2.45) is 0 Å². The third-order valence-corrected chi connectivity index (χ3v) is 5.86. The second-order valence-electron chi connectivity index (χ2n) is 7.15. The topological polar surface area (TPSA) is 43.6 Å². The molecule has 0 N–H and O–H groups in total. The summed E-state index contributed by atoms with van der Waals surface area (Å²) in [5, 5.41) is 3.23. The molecule has 3 heterocycles. The summed E-state index contributed by atoms with van der Waals surface area (Å²) in [5.41, 5.74) is 5.00. The summed E-state index contributed by atoms with van der Waals surface area (Å²) in [6.07, 6.45) is 3.71. The molecule has 0 fully saturated rings. The number of hydrogen-bond acceptors (Lipinski definition) is 3. The van der Waals surface area contributed by atoms with E-state index in [-0.39, 0.29) is 0 Å². The largest absolute Gasteiger partial charge is 0.278 e. The average molecular weight is 451 g/mol.